The first kappa shape index (κ1) is 16.0. The number of carbonyl (C=O) groups is 2. The van der Waals surface area contributed by atoms with Crippen molar-refractivity contribution in [3.63, 3.8) is 0 Å². The fraction of sp³-hybridized carbons (Fsp3) is 0.857. The van der Waals surface area contributed by atoms with Gasteiger partial charge < -0.3 is 15.3 Å². The zero-order chi connectivity index (χ0) is 14.7. The number of carboxylic acid groups (broad SMARTS) is 1. The van der Waals surface area contributed by atoms with Crippen molar-refractivity contribution in [3.05, 3.63) is 0 Å². The van der Waals surface area contributed by atoms with Gasteiger partial charge in [-0.3, -0.25) is 9.59 Å². The molecule has 1 rings (SSSR count). The summed E-state index contributed by atoms with van der Waals surface area (Å²) < 4.78 is 0. The van der Waals surface area contributed by atoms with Crippen LogP contribution in [0.1, 0.15) is 47.0 Å². The Morgan fingerprint density at radius 1 is 1.37 bits per heavy atom. The van der Waals surface area contributed by atoms with Crippen LogP contribution in [0.3, 0.4) is 0 Å². The van der Waals surface area contributed by atoms with Crippen LogP contribution in [0.4, 0.5) is 0 Å². The highest BCUT2D eigenvalue weighted by molar-refractivity contribution is 5.87. The molecule has 1 aliphatic heterocycles. The first-order valence-electron chi connectivity index (χ1n) is 6.97. The summed E-state index contributed by atoms with van der Waals surface area (Å²) >= 11 is 0. The minimum Gasteiger partial charge on any atom is -0.480 e. The molecule has 0 radical (unpaired) electrons. The van der Waals surface area contributed by atoms with Crippen LogP contribution in [-0.4, -0.2) is 47.1 Å². The van der Waals surface area contributed by atoms with Gasteiger partial charge in [0.05, 0.1) is 5.41 Å². The lowest BCUT2D eigenvalue weighted by atomic mass is 9.80. The monoisotopic (exact) mass is 270 g/mol. The maximum absolute atomic E-state index is 12.9. The van der Waals surface area contributed by atoms with Crippen molar-refractivity contribution < 1.29 is 14.7 Å². The number of carboxylic acids is 1. The van der Waals surface area contributed by atoms with Gasteiger partial charge >= 0.3 is 5.97 Å². The van der Waals surface area contributed by atoms with E-state index in [0.717, 1.165) is 25.8 Å². The number of hydrogen-bond acceptors (Lipinski definition) is 3. The molecule has 1 unspecified atom stereocenters. The van der Waals surface area contributed by atoms with Gasteiger partial charge in [-0.25, -0.2) is 0 Å². The number of carbonyl (C=O) groups excluding carboxylic acids is 1. The largest absolute Gasteiger partial charge is 0.480 e. The fourth-order valence-electron chi connectivity index (χ4n) is 2.76. The van der Waals surface area contributed by atoms with Crippen LogP contribution >= 0.6 is 0 Å². The van der Waals surface area contributed by atoms with E-state index >= 15 is 0 Å². The normalized spacial score (nSPS) is 23.4. The van der Waals surface area contributed by atoms with E-state index in [1.54, 1.807) is 0 Å². The van der Waals surface area contributed by atoms with E-state index in [1.807, 2.05) is 20.8 Å². The van der Waals surface area contributed by atoms with Gasteiger partial charge in [0.2, 0.25) is 5.91 Å². The topological polar surface area (TPSA) is 69.6 Å². The predicted octanol–water partition coefficient (Wildman–Crippen LogP) is 1.48. The van der Waals surface area contributed by atoms with E-state index in [0.29, 0.717) is 6.54 Å². The summed E-state index contributed by atoms with van der Waals surface area (Å²) in [5, 5.41) is 12.3. The van der Waals surface area contributed by atoms with E-state index in [-0.39, 0.29) is 12.5 Å². The van der Waals surface area contributed by atoms with Crippen molar-refractivity contribution in [2.45, 2.75) is 52.5 Å². The number of amides is 1. The van der Waals surface area contributed by atoms with Gasteiger partial charge in [0.25, 0.3) is 0 Å². The second-order valence-corrected chi connectivity index (χ2v) is 6.41. The van der Waals surface area contributed by atoms with Gasteiger partial charge in [0, 0.05) is 12.1 Å². The first-order valence-corrected chi connectivity index (χ1v) is 6.97. The van der Waals surface area contributed by atoms with E-state index in [2.05, 4.69) is 12.2 Å². The Bertz CT molecular complexity index is 341. The van der Waals surface area contributed by atoms with Crippen LogP contribution in [0.2, 0.25) is 0 Å². The second-order valence-electron chi connectivity index (χ2n) is 6.41. The molecule has 1 saturated heterocycles. The predicted molar refractivity (Wildman–Crippen MR) is 73.9 cm³/mol. The third kappa shape index (κ3) is 3.69. The molecule has 0 aliphatic carbocycles. The minimum absolute atomic E-state index is 0.0192. The van der Waals surface area contributed by atoms with Gasteiger partial charge in [0.15, 0.2) is 0 Å². The van der Waals surface area contributed by atoms with Crippen molar-refractivity contribution in [1.29, 1.82) is 0 Å². The Morgan fingerprint density at radius 3 is 2.37 bits per heavy atom. The Hall–Kier alpha value is -1.10. The number of aliphatic carboxylic acids is 1. The van der Waals surface area contributed by atoms with Crippen LogP contribution in [-0.2, 0) is 9.59 Å². The molecule has 1 aliphatic rings. The van der Waals surface area contributed by atoms with Crippen molar-refractivity contribution in [2.24, 2.45) is 5.41 Å². The molecule has 110 valence electrons. The maximum Gasteiger partial charge on any atom is 0.323 e. The molecule has 0 aromatic heterocycles. The van der Waals surface area contributed by atoms with Crippen LogP contribution in [0, 0.1) is 5.41 Å². The molecular formula is C14H26N2O3. The summed E-state index contributed by atoms with van der Waals surface area (Å²) in [5.41, 5.74) is -0.893. The molecule has 2 N–H and O–H groups in total. The second kappa shape index (κ2) is 5.90. The van der Waals surface area contributed by atoms with Crippen LogP contribution in [0.25, 0.3) is 0 Å². The Balaban J connectivity index is 3.00. The van der Waals surface area contributed by atoms with Crippen LogP contribution in [0.15, 0.2) is 0 Å². The highest BCUT2D eigenvalue weighted by atomic mass is 16.4. The molecular weight excluding hydrogens is 244 g/mol. The molecule has 0 aromatic carbocycles. The van der Waals surface area contributed by atoms with Crippen LogP contribution in [0.5, 0.6) is 0 Å². The number of nitrogens with zero attached hydrogens (tertiary/aromatic N) is 1. The van der Waals surface area contributed by atoms with E-state index in [4.69, 9.17) is 5.11 Å². The summed E-state index contributed by atoms with van der Waals surface area (Å²) in [6.45, 7) is 8.98. The Labute approximate surface area is 115 Å². The van der Waals surface area contributed by atoms with Gasteiger partial charge in [-0.05, 0) is 40.2 Å². The molecule has 5 nitrogen and oxygen atoms in total. The molecule has 1 atom stereocenters. The highest BCUT2D eigenvalue weighted by Crippen LogP contribution is 2.35. The average molecular weight is 270 g/mol. The lowest BCUT2D eigenvalue weighted by molar-refractivity contribution is -0.154. The summed E-state index contributed by atoms with van der Waals surface area (Å²) in [6.07, 6.45) is 2.54. The number of hydrogen-bond donors (Lipinski definition) is 2. The molecule has 1 amide bonds. The first-order chi connectivity index (χ1) is 8.73. The lowest BCUT2D eigenvalue weighted by Gasteiger charge is -2.40. The third-order valence-electron chi connectivity index (χ3n) is 3.77. The third-order valence-corrected chi connectivity index (χ3v) is 3.77. The van der Waals surface area contributed by atoms with Crippen molar-refractivity contribution in [1.82, 2.24) is 10.2 Å². The number of nitrogens with one attached hydrogen (secondary N) is 1. The van der Waals surface area contributed by atoms with Gasteiger partial charge in [-0.1, -0.05) is 13.3 Å². The molecule has 19 heavy (non-hydrogen) atoms. The van der Waals surface area contributed by atoms with Gasteiger partial charge in [-0.2, -0.15) is 0 Å². The van der Waals surface area contributed by atoms with Crippen molar-refractivity contribution >= 4 is 11.9 Å². The van der Waals surface area contributed by atoms with Gasteiger partial charge in [0.1, 0.15) is 6.54 Å². The molecule has 0 bridgehead atoms. The number of rotatable bonds is 5. The summed E-state index contributed by atoms with van der Waals surface area (Å²) in [4.78, 5) is 25.4. The van der Waals surface area contributed by atoms with Crippen molar-refractivity contribution in [2.75, 3.05) is 19.6 Å². The maximum atomic E-state index is 12.9. The SMILES string of the molecule is CCCC1(C(=O)N(CC(=O)O)C(C)(C)C)CCNC1. The Morgan fingerprint density at radius 2 is 2.00 bits per heavy atom. The molecule has 5 heteroatoms. The van der Waals surface area contributed by atoms with E-state index < -0.39 is 16.9 Å². The molecule has 0 saturated carbocycles. The average Bonchev–Trinajstić information content (AvgIpc) is 2.73. The quantitative estimate of drug-likeness (QED) is 0.794. The van der Waals surface area contributed by atoms with Crippen LogP contribution < -0.4 is 5.32 Å². The smallest absolute Gasteiger partial charge is 0.323 e. The van der Waals surface area contributed by atoms with E-state index in [1.165, 1.54) is 4.90 Å². The summed E-state index contributed by atoms with van der Waals surface area (Å²) in [6, 6.07) is 0. The lowest BCUT2D eigenvalue weighted by Crippen LogP contribution is -2.54. The molecule has 0 spiro atoms. The van der Waals surface area contributed by atoms with Crippen molar-refractivity contribution in [3.8, 4) is 0 Å². The minimum atomic E-state index is -0.958. The zero-order valence-corrected chi connectivity index (χ0v) is 12.5. The summed E-state index contributed by atoms with van der Waals surface area (Å²) in [7, 11) is 0. The molecule has 1 fully saturated rings. The van der Waals surface area contributed by atoms with E-state index in [9.17, 15) is 9.59 Å². The molecule has 1 heterocycles. The fourth-order valence-corrected chi connectivity index (χ4v) is 2.76. The van der Waals surface area contributed by atoms with Gasteiger partial charge in [-0.15, -0.1) is 0 Å². The highest BCUT2D eigenvalue weighted by Gasteiger charge is 2.45. The zero-order valence-electron chi connectivity index (χ0n) is 12.5. The molecule has 0 aromatic rings. The Kier molecular flexibility index (Phi) is 4.96. The summed E-state index contributed by atoms with van der Waals surface area (Å²) in [5.74, 6) is -0.977. The standard InChI is InChI=1S/C14H26N2O3/c1-5-6-14(7-8-15-10-14)12(19)16(9-11(17)18)13(2,3)4/h15H,5-10H2,1-4H3,(H,17,18).